The average Bonchev–Trinajstić information content (AvgIpc) is 3.21. The number of carbonyl (C=O) groups is 2. The summed E-state index contributed by atoms with van der Waals surface area (Å²) in [4.78, 5) is 24.5. The molecule has 0 radical (unpaired) electrons. The van der Waals surface area contributed by atoms with Crippen LogP contribution in [0.2, 0.25) is 0 Å². The maximum absolute atomic E-state index is 12.4. The lowest BCUT2D eigenvalue weighted by molar-refractivity contribution is -0.123. The second-order valence-corrected chi connectivity index (χ2v) is 5.75. The zero-order chi connectivity index (χ0) is 18.7. The Hall–Kier alpha value is -3.42. The van der Waals surface area contributed by atoms with Gasteiger partial charge in [-0.1, -0.05) is 23.4 Å². The summed E-state index contributed by atoms with van der Waals surface area (Å²) < 4.78 is 11.8. The molecule has 1 aromatic carbocycles. The summed E-state index contributed by atoms with van der Waals surface area (Å²) in [7, 11) is 0. The number of esters is 1. The number of benzene rings is 1. The van der Waals surface area contributed by atoms with E-state index >= 15 is 0 Å². The maximum atomic E-state index is 12.4. The molecule has 0 aliphatic rings. The van der Waals surface area contributed by atoms with Gasteiger partial charge in [-0.05, 0) is 32.9 Å². The van der Waals surface area contributed by atoms with Crippen LogP contribution >= 0.6 is 0 Å². The summed E-state index contributed by atoms with van der Waals surface area (Å²) in [5.74, 6) is -0.291. The van der Waals surface area contributed by atoms with Crippen LogP contribution in [0.5, 0.6) is 0 Å². The fourth-order valence-corrected chi connectivity index (χ4v) is 2.37. The fraction of sp³-hybridized carbons (Fsp3) is 0.222. The third-order valence-electron chi connectivity index (χ3n) is 3.76. The number of anilines is 1. The minimum atomic E-state index is -1.00. The molecule has 1 amide bonds. The Kier molecular flexibility index (Phi) is 4.83. The van der Waals surface area contributed by atoms with E-state index in [-0.39, 0.29) is 5.82 Å². The summed E-state index contributed by atoms with van der Waals surface area (Å²) in [6.45, 7) is 4.95. The zero-order valence-corrected chi connectivity index (χ0v) is 14.6. The van der Waals surface area contributed by atoms with E-state index in [9.17, 15) is 9.59 Å². The number of nitrogens with one attached hydrogen (secondary N) is 1. The van der Waals surface area contributed by atoms with Crippen LogP contribution in [0, 0.1) is 13.8 Å². The largest absolute Gasteiger partial charge is 0.449 e. The molecule has 1 N–H and O–H groups in total. The summed E-state index contributed by atoms with van der Waals surface area (Å²) in [5.41, 5.74) is 1.75. The van der Waals surface area contributed by atoms with Crippen LogP contribution in [-0.4, -0.2) is 32.9 Å². The molecule has 3 rings (SSSR count). The zero-order valence-electron chi connectivity index (χ0n) is 14.6. The molecule has 0 aliphatic heterocycles. The van der Waals surface area contributed by atoms with Crippen molar-refractivity contribution in [3.8, 4) is 5.69 Å². The fourth-order valence-electron chi connectivity index (χ4n) is 2.37. The number of aryl methyl sites for hydroxylation is 1. The quantitative estimate of drug-likeness (QED) is 0.707. The van der Waals surface area contributed by atoms with Crippen molar-refractivity contribution in [2.45, 2.75) is 26.9 Å². The summed E-state index contributed by atoms with van der Waals surface area (Å²) in [6.07, 6.45) is 0.426. The third kappa shape index (κ3) is 3.64. The predicted molar refractivity (Wildman–Crippen MR) is 93.0 cm³/mol. The maximum Gasteiger partial charge on any atom is 0.342 e. The Morgan fingerprint density at radius 1 is 1.23 bits per heavy atom. The Labute approximate surface area is 149 Å². The van der Waals surface area contributed by atoms with Gasteiger partial charge in [-0.15, -0.1) is 0 Å². The number of aromatic nitrogens is 3. The first kappa shape index (κ1) is 17.4. The molecule has 0 bridgehead atoms. The molecule has 8 nitrogen and oxygen atoms in total. The first-order valence-electron chi connectivity index (χ1n) is 8.01. The summed E-state index contributed by atoms with van der Waals surface area (Å²) in [5, 5.41) is 10.4. The van der Waals surface area contributed by atoms with Crippen molar-refractivity contribution >= 4 is 17.7 Å². The molecule has 0 spiro atoms. The van der Waals surface area contributed by atoms with Crippen LogP contribution in [0.25, 0.3) is 5.69 Å². The van der Waals surface area contributed by atoms with Gasteiger partial charge in [0.25, 0.3) is 5.91 Å². The minimum Gasteiger partial charge on any atom is -0.449 e. The Morgan fingerprint density at radius 2 is 1.96 bits per heavy atom. The monoisotopic (exact) mass is 354 g/mol. The molecule has 2 aromatic heterocycles. The van der Waals surface area contributed by atoms with Gasteiger partial charge in [0.15, 0.2) is 11.9 Å². The molecule has 1 atom stereocenters. The van der Waals surface area contributed by atoms with Gasteiger partial charge in [-0.3, -0.25) is 4.79 Å². The van der Waals surface area contributed by atoms with Gasteiger partial charge in [0.1, 0.15) is 11.3 Å². The van der Waals surface area contributed by atoms with Gasteiger partial charge in [-0.2, -0.15) is 5.10 Å². The number of amides is 1. The highest BCUT2D eigenvalue weighted by atomic mass is 16.5. The molecule has 2 heterocycles. The smallest absolute Gasteiger partial charge is 0.342 e. The molecule has 0 unspecified atom stereocenters. The van der Waals surface area contributed by atoms with E-state index in [1.54, 1.807) is 24.6 Å². The number of para-hydroxylation sites is 1. The van der Waals surface area contributed by atoms with Crippen molar-refractivity contribution in [1.82, 2.24) is 14.9 Å². The summed E-state index contributed by atoms with van der Waals surface area (Å²) >= 11 is 0. The van der Waals surface area contributed by atoms with Crippen molar-refractivity contribution < 1.29 is 18.8 Å². The highest BCUT2D eigenvalue weighted by molar-refractivity contribution is 5.97. The average molecular weight is 354 g/mol. The number of nitrogens with zero attached hydrogens (tertiary/aromatic N) is 3. The standard InChI is InChI=1S/C18H18N4O4/c1-11-9-16(21-26-11)20-17(23)13(3)25-18(24)15-10-19-22(12(15)2)14-7-5-4-6-8-14/h4-10,13H,1-3H3,(H,20,21,23)/t13-/m1/s1. The van der Waals surface area contributed by atoms with E-state index in [1.165, 1.54) is 13.1 Å². The number of carbonyl (C=O) groups excluding carboxylic acids is 2. The molecule has 26 heavy (non-hydrogen) atoms. The highest BCUT2D eigenvalue weighted by Gasteiger charge is 2.23. The van der Waals surface area contributed by atoms with E-state index < -0.39 is 18.0 Å². The molecule has 8 heteroatoms. The van der Waals surface area contributed by atoms with Gasteiger partial charge in [-0.25, -0.2) is 9.48 Å². The molecular formula is C18H18N4O4. The van der Waals surface area contributed by atoms with Crippen molar-refractivity contribution in [2.75, 3.05) is 5.32 Å². The SMILES string of the molecule is Cc1cc(NC(=O)[C@@H](C)OC(=O)c2cnn(-c3ccccc3)c2C)no1. The molecule has 0 saturated carbocycles. The van der Waals surface area contributed by atoms with Crippen molar-refractivity contribution in [1.29, 1.82) is 0 Å². The lowest BCUT2D eigenvalue weighted by Gasteiger charge is -2.12. The van der Waals surface area contributed by atoms with Crippen LogP contribution < -0.4 is 5.32 Å². The molecule has 134 valence electrons. The summed E-state index contributed by atoms with van der Waals surface area (Å²) in [6, 6.07) is 11.0. The van der Waals surface area contributed by atoms with E-state index in [4.69, 9.17) is 9.26 Å². The van der Waals surface area contributed by atoms with E-state index in [0.717, 1.165) is 5.69 Å². The van der Waals surface area contributed by atoms with Crippen LogP contribution in [0.4, 0.5) is 5.82 Å². The predicted octanol–water partition coefficient (Wildman–Crippen LogP) is 2.66. The molecule has 0 aliphatic carbocycles. The Bertz CT molecular complexity index is 930. The van der Waals surface area contributed by atoms with Crippen LogP contribution in [-0.2, 0) is 9.53 Å². The molecular weight excluding hydrogens is 336 g/mol. The van der Waals surface area contributed by atoms with Crippen molar-refractivity contribution in [2.24, 2.45) is 0 Å². The highest BCUT2D eigenvalue weighted by Crippen LogP contribution is 2.16. The number of ether oxygens (including phenoxy) is 1. The third-order valence-corrected chi connectivity index (χ3v) is 3.76. The van der Waals surface area contributed by atoms with E-state index in [1.807, 2.05) is 30.3 Å². The first-order chi connectivity index (χ1) is 12.5. The van der Waals surface area contributed by atoms with Gasteiger partial charge >= 0.3 is 5.97 Å². The van der Waals surface area contributed by atoms with E-state index in [0.29, 0.717) is 17.0 Å². The Balaban J connectivity index is 1.68. The number of hydrogen-bond donors (Lipinski definition) is 1. The lowest BCUT2D eigenvalue weighted by atomic mass is 10.2. The minimum absolute atomic E-state index is 0.267. The van der Waals surface area contributed by atoms with Crippen LogP contribution in [0.15, 0.2) is 47.1 Å². The van der Waals surface area contributed by atoms with Crippen molar-refractivity contribution in [3.05, 3.63) is 59.6 Å². The van der Waals surface area contributed by atoms with Gasteiger partial charge in [0.2, 0.25) is 0 Å². The normalized spacial score (nSPS) is 11.8. The van der Waals surface area contributed by atoms with Gasteiger partial charge in [0.05, 0.1) is 17.6 Å². The van der Waals surface area contributed by atoms with Crippen LogP contribution in [0.3, 0.4) is 0 Å². The number of rotatable bonds is 5. The van der Waals surface area contributed by atoms with Gasteiger partial charge < -0.3 is 14.6 Å². The number of hydrogen-bond acceptors (Lipinski definition) is 6. The first-order valence-corrected chi connectivity index (χ1v) is 8.01. The van der Waals surface area contributed by atoms with Crippen molar-refractivity contribution in [3.63, 3.8) is 0 Å². The molecule has 3 aromatic rings. The van der Waals surface area contributed by atoms with Gasteiger partial charge in [0, 0.05) is 6.07 Å². The Morgan fingerprint density at radius 3 is 2.62 bits per heavy atom. The second kappa shape index (κ2) is 7.22. The lowest BCUT2D eigenvalue weighted by Crippen LogP contribution is -2.30. The van der Waals surface area contributed by atoms with Crippen LogP contribution in [0.1, 0.15) is 28.7 Å². The van der Waals surface area contributed by atoms with E-state index in [2.05, 4.69) is 15.6 Å². The molecule has 0 fully saturated rings. The molecule has 0 saturated heterocycles. The second-order valence-electron chi connectivity index (χ2n) is 5.75. The topological polar surface area (TPSA) is 99.2 Å².